The van der Waals surface area contributed by atoms with Crippen molar-refractivity contribution in [2.75, 3.05) is 5.73 Å². The van der Waals surface area contributed by atoms with Crippen molar-refractivity contribution in [2.24, 2.45) is 0 Å². The number of rotatable bonds is 4. The molecule has 0 radical (unpaired) electrons. The average molecular weight is 269 g/mol. The van der Waals surface area contributed by atoms with Crippen molar-refractivity contribution >= 4 is 5.69 Å². The van der Waals surface area contributed by atoms with E-state index in [4.69, 9.17) is 5.73 Å². The zero-order valence-electron chi connectivity index (χ0n) is 11.1. The van der Waals surface area contributed by atoms with Crippen molar-refractivity contribution in [3.05, 3.63) is 42.7 Å². The van der Waals surface area contributed by atoms with Crippen molar-refractivity contribution in [1.29, 1.82) is 0 Å². The van der Waals surface area contributed by atoms with Crippen LogP contribution in [0.5, 0.6) is 0 Å². The third-order valence-corrected chi connectivity index (χ3v) is 3.00. The molecule has 0 aliphatic heterocycles. The van der Waals surface area contributed by atoms with E-state index in [9.17, 15) is 0 Å². The van der Waals surface area contributed by atoms with E-state index < -0.39 is 0 Å². The Morgan fingerprint density at radius 2 is 1.95 bits per heavy atom. The third kappa shape index (κ3) is 2.37. The molecule has 2 N–H and O–H groups in total. The third-order valence-electron chi connectivity index (χ3n) is 3.00. The van der Waals surface area contributed by atoms with E-state index in [2.05, 4.69) is 20.2 Å². The zero-order valence-corrected chi connectivity index (χ0v) is 11.1. The van der Waals surface area contributed by atoms with Gasteiger partial charge in [-0.1, -0.05) is 0 Å². The Labute approximate surface area is 116 Å². The van der Waals surface area contributed by atoms with Gasteiger partial charge in [0.05, 0.1) is 0 Å². The number of hydrogen-bond donors (Lipinski definition) is 1. The van der Waals surface area contributed by atoms with Gasteiger partial charge in [0.1, 0.15) is 25.0 Å². The van der Waals surface area contributed by atoms with Crippen LogP contribution in [0.15, 0.2) is 36.9 Å². The second-order valence-corrected chi connectivity index (χ2v) is 4.38. The highest BCUT2D eigenvalue weighted by molar-refractivity contribution is 5.57. The predicted octanol–water partition coefficient (Wildman–Crippen LogP) is 1.19. The molecule has 0 atom stereocenters. The molecule has 0 unspecified atom stereocenters. The monoisotopic (exact) mass is 269 g/mol. The minimum Gasteiger partial charge on any atom is -0.399 e. The molecule has 20 heavy (non-hydrogen) atoms. The summed E-state index contributed by atoms with van der Waals surface area (Å²) in [6.45, 7) is 3.37. The Hall–Kier alpha value is -2.70. The molecule has 0 aliphatic carbocycles. The molecule has 7 nitrogen and oxygen atoms in total. The minimum atomic E-state index is 0.551. The van der Waals surface area contributed by atoms with Gasteiger partial charge in [-0.25, -0.2) is 19.3 Å². The van der Waals surface area contributed by atoms with E-state index in [-0.39, 0.29) is 0 Å². The fourth-order valence-corrected chi connectivity index (χ4v) is 1.95. The molecule has 2 aromatic heterocycles. The number of benzene rings is 1. The Bertz CT molecular complexity index is 696. The Morgan fingerprint density at radius 1 is 1.15 bits per heavy atom. The fourth-order valence-electron chi connectivity index (χ4n) is 1.95. The lowest BCUT2D eigenvalue weighted by molar-refractivity contribution is 0.568. The first kappa shape index (κ1) is 12.3. The predicted molar refractivity (Wildman–Crippen MR) is 74.7 cm³/mol. The molecular formula is C13H15N7. The van der Waals surface area contributed by atoms with Crippen LogP contribution in [0.2, 0.25) is 0 Å². The van der Waals surface area contributed by atoms with Crippen LogP contribution >= 0.6 is 0 Å². The zero-order chi connectivity index (χ0) is 13.9. The number of anilines is 1. The summed E-state index contributed by atoms with van der Waals surface area (Å²) in [6, 6.07) is 7.49. The van der Waals surface area contributed by atoms with Crippen molar-refractivity contribution < 1.29 is 0 Å². The van der Waals surface area contributed by atoms with Crippen molar-refractivity contribution in [2.45, 2.75) is 20.0 Å². The van der Waals surface area contributed by atoms with Crippen LogP contribution in [0.4, 0.5) is 5.69 Å². The largest absolute Gasteiger partial charge is 0.399 e. The molecule has 102 valence electrons. The first-order chi connectivity index (χ1) is 9.76. The van der Waals surface area contributed by atoms with Gasteiger partial charge in [0.15, 0.2) is 5.82 Å². The second-order valence-electron chi connectivity index (χ2n) is 4.38. The number of aromatic nitrogens is 6. The fraction of sp³-hybridized carbons (Fsp3) is 0.231. The maximum absolute atomic E-state index is 5.67. The molecule has 0 aliphatic rings. The highest BCUT2D eigenvalue weighted by atomic mass is 15.4. The van der Waals surface area contributed by atoms with Gasteiger partial charge in [0.2, 0.25) is 0 Å². The van der Waals surface area contributed by atoms with Gasteiger partial charge < -0.3 is 5.73 Å². The van der Waals surface area contributed by atoms with Crippen LogP contribution in [0.25, 0.3) is 11.4 Å². The summed E-state index contributed by atoms with van der Waals surface area (Å²) < 4.78 is 3.59. The van der Waals surface area contributed by atoms with E-state index in [1.165, 1.54) is 0 Å². The van der Waals surface area contributed by atoms with E-state index in [0.29, 0.717) is 12.4 Å². The molecule has 1 aromatic carbocycles. The van der Waals surface area contributed by atoms with Gasteiger partial charge in [-0.05, 0) is 31.2 Å². The Morgan fingerprint density at radius 3 is 2.70 bits per heavy atom. The summed E-state index contributed by atoms with van der Waals surface area (Å²) >= 11 is 0. The number of hydrogen-bond acceptors (Lipinski definition) is 5. The van der Waals surface area contributed by atoms with Crippen LogP contribution in [0.1, 0.15) is 12.7 Å². The first-order valence-electron chi connectivity index (χ1n) is 6.38. The molecule has 3 rings (SSSR count). The standard InChI is InChI=1S/C13H15N7/c1-2-20-12(15-8-17-20)7-19-9-16-13(18-19)10-3-5-11(14)6-4-10/h3-6,8-9H,2,7,14H2,1H3. The molecule has 0 amide bonds. The summed E-state index contributed by atoms with van der Waals surface area (Å²) in [7, 11) is 0. The van der Waals surface area contributed by atoms with Crippen molar-refractivity contribution in [3.8, 4) is 11.4 Å². The van der Waals surface area contributed by atoms with Crippen LogP contribution in [-0.4, -0.2) is 29.5 Å². The molecule has 0 fully saturated rings. The van der Waals surface area contributed by atoms with Gasteiger partial charge in [-0.15, -0.1) is 0 Å². The quantitative estimate of drug-likeness (QED) is 0.719. The van der Waals surface area contributed by atoms with E-state index >= 15 is 0 Å². The first-order valence-corrected chi connectivity index (χ1v) is 6.38. The van der Waals surface area contributed by atoms with Crippen LogP contribution in [-0.2, 0) is 13.1 Å². The smallest absolute Gasteiger partial charge is 0.181 e. The molecule has 0 saturated heterocycles. The van der Waals surface area contributed by atoms with E-state index in [1.807, 2.05) is 35.9 Å². The molecule has 3 aromatic rings. The van der Waals surface area contributed by atoms with Gasteiger partial charge in [0.25, 0.3) is 0 Å². The lowest BCUT2D eigenvalue weighted by Crippen LogP contribution is -2.09. The molecule has 0 spiro atoms. The number of nitrogens with two attached hydrogens (primary N) is 1. The lowest BCUT2D eigenvalue weighted by Gasteiger charge is -2.02. The lowest BCUT2D eigenvalue weighted by atomic mass is 10.2. The summed E-state index contributed by atoms with van der Waals surface area (Å²) in [5.41, 5.74) is 7.33. The second kappa shape index (κ2) is 5.12. The number of nitrogens with zero attached hydrogens (tertiary/aromatic N) is 6. The van der Waals surface area contributed by atoms with Gasteiger partial charge in [-0.3, -0.25) is 0 Å². The molecular weight excluding hydrogens is 254 g/mol. The number of nitrogen functional groups attached to an aromatic ring is 1. The van der Waals surface area contributed by atoms with E-state index in [0.717, 1.165) is 23.6 Å². The Balaban J connectivity index is 1.82. The SMILES string of the molecule is CCn1ncnc1Cn1cnc(-c2ccc(N)cc2)n1. The van der Waals surface area contributed by atoms with Crippen LogP contribution in [0, 0.1) is 0 Å². The number of aryl methyl sites for hydroxylation is 1. The highest BCUT2D eigenvalue weighted by Gasteiger charge is 2.07. The summed E-state index contributed by atoms with van der Waals surface area (Å²) in [4.78, 5) is 8.53. The van der Waals surface area contributed by atoms with Crippen molar-refractivity contribution in [3.63, 3.8) is 0 Å². The molecule has 2 heterocycles. The minimum absolute atomic E-state index is 0.551. The van der Waals surface area contributed by atoms with Crippen LogP contribution in [0.3, 0.4) is 0 Å². The van der Waals surface area contributed by atoms with Crippen LogP contribution < -0.4 is 5.73 Å². The summed E-state index contributed by atoms with van der Waals surface area (Å²) in [6.07, 6.45) is 3.25. The normalized spacial score (nSPS) is 10.8. The average Bonchev–Trinajstić information content (AvgIpc) is 3.09. The van der Waals surface area contributed by atoms with Gasteiger partial charge in [0, 0.05) is 17.8 Å². The molecule has 0 bridgehead atoms. The summed E-state index contributed by atoms with van der Waals surface area (Å²) in [5, 5.41) is 8.58. The van der Waals surface area contributed by atoms with E-state index in [1.54, 1.807) is 17.3 Å². The maximum atomic E-state index is 5.67. The topological polar surface area (TPSA) is 87.4 Å². The van der Waals surface area contributed by atoms with Crippen molar-refractivity contribution in [1.82, 2.24) is 29.5 Å². The molecule has 7 heteroatoms. The molecule has 0 saturated carbocycles. The highest BCUT2D eigenvalue weighted by Crippen LogP contribution is 2.16. The Kier molecular flexibility index (Phi) is 3.16. The summed E-state index contributed by atoms with van der Waals surface area (Å²) in [5.74, 6) is 1.54. The van der Waals surface area contributed by atoms with Gasteiger partial charge in [-0.2, -0.15) is 10.2 Å². The maximum Gasteiger partial charge on any atom is 0.181 e. The van der Waals surface area contributed by atoms with Gasteiger partial charge >= 0.3 is 0 Å².